The van der Waals surface area contributed by atoms with Crippen molar-refractivity contribution in [1.29, 1.82) is 0 Å². The van der Waals surface area contributed by atoms with Gasteiger partial charge in [-0.05, 0) is 62.9 Å². The average Bonchev–Trinajstić information content (AvgIpc) is 2.43. The van der Waals surface area contributed by atoms with Gasteiger partial charge in [0.15, 0.2) is 0 Å². The van der Waals surface area contributed by atoms with E-state index >= 15 is 0 Å². The molecule has 3 aromatic rings. The Morgan fingerprint density at radius 3 is 2.60 bits per heavy atom. The molecule has 0 unspecified atom stereocenters. The van der Waals surface area contributed by atoms with Gasteiger partial charge < -0.3 is 0 Å². The Hall–Kier alpha value is -0.960. The first-order chi connectivity index (χ1) is 9.65. The van der Waals surface area contributed by atoms with Crippen LogP contribution in [0.5, 0.6) is 0 Å². The lowest BCUT2D eigenvalue weighted by Crippen LogP contribution is -2.21. The van der Waals surface area contributed by atoms with E-state index in [0.717, 1.165) is 18.2 Å². The van der Waals surface area contributed by atoms with Crippen molar-refractivity contribution in [2.75, 3.05) is 0 Å². The Labute approximate surface area is 143 Å². The van der Waals surface area contributed by atoms with Crippen LogP contribution in [0.4, 0.5) is 0 Å². The number of hydrogen-bond donors (Lipinski definition) is 0. The first-order valence-corrected chi connectivity index (χ1v) is 8.19. The zero-order chi connectivity index (χ0) is 14.1. The van der Waals surface area contributed by atoms with E-state index in [0.29, 0.717) is 11.9 Å². The highest BCUT2D eigenvalue weighted by molar-refractivity contribution is 14.1. The van der Waals surface area contributed by atoms with Crippen molar-refractivity contribution in [3.8, 4) is 0 Å². The molecule has 0 aliphatic rings. The van der Waals surface area contributed by atoms with E-state index in [9.17, 15) is 4.79 Å². The number of hydrogen-bond acceptors (Lipinski definition) is 2. The van der Waals surface area contributed by atoms with Crippen molar-refractivity contribution < 1.29 is 0 Å². The van der Waals surface area contributed by atoms with Crippen LogP contribution in [-0.4, -0.2) is 9.55 Å². The summed E-state index contributed by atoms with van der Waals surface area (Å²) in [6.07, 6.45) is 1.63. The molecular weight excluding hydrogens is 478 g/mol. The fourth-order valence-corrected chi connectivity index (χ4v) is 4.07. The Morgan fingerprint density at radius 1 is 1.10 bits per heavy atom. The van der Waals surface area contributed by atoms with Gasteiger partial charge in [-0.1, -0.05) is 30.3 Å². The van der Waals surface area contributed by atoms with Crippen LogP contribution in [0.1, 0.15) is 5.56 Å². The average molecular weight is 488 g/mol. The molecule has 5 heteroatoms. The van der Waals surface area contributed by atoms with E-state index in [1.807, 2.05) is 42.5 Å². The standard InChI is InChI=1S/C15H10I2N2O/c16-11-6-12-14(13(17)7-11)18-9-19(15(12)20)8-10-4-2-1-3-5-10/h1-7,9H,8H2. The maximum absolute atomic E-state index is 12.6. The Kier molecular flexibility index (Phi) is 4.06. The summed E-state index contributed by atoms with van der Waals surface area (Å²) in [5, 5.41) is 0.680. The molecule has 0 amide bonds. The molecule has 1 aromatic heterocycles. The van der Waals surface area contributed by atoms with Gasteiger partial charge >= 0.3 is 0 Å². The predicted molar refractivity (Wildman–Crippen MR) is 97.0 cm³/mol. The third-order valence-electron chi connectivity index (χ3n) is 3.04. The molecule has 1 heterocycles. The molecule has 20 heavy (non-hydrogen) atoms. The minimum absolute atomic E-state index is 0.00952. The van der Waals surface area contributed by atoms with Crippen molar-refractivity contribution in [2.24, 2.45) is 0 Å². The van der Waals surface area contributed by atoms with E-state index in [2.05, 4.69) is 50.2 Å². The molecule has 0 N–H and O–H groups in total. The minimum Gasteiger partial charge on any atom is -0.294 e. The van der Waals surface area contributed by atoms with E-state index in [1.165, 1.54) is 0 Å². The smallest absolute Gasteiger partial charge is 0.261 e. The minimum atomic E-state index is 0.00952. The molecule has 3 nitrogen and oxygen atoms in total. The Morgan fingerprint density at radius 2 is 1.85 bits per heavy atom. The van der Waals surface area contributed by atoms with Gasteiger partial charge in [0.1, 0.15) is 0 Å². The van der Waals surface area contributed by atoms with Crippen LogP contribution >= 0.6 is 45.2 Å². The third kappa shape index (κ3) is 2.73. The molecule has 2 aromatic carbocycles. The van der Waals surface area contributed by atoms with Crippen molar-refractivity contribution in [3.63, 3.8) is 0 Å². The predicted octanol–water partition coefficient (Wildman–Crippen LogP) is 3.65. The number of halogens is 2. The normalized spacial score (nSPS) is 10.9. The van der Waals surface area contributed by atoms with Crippen molar-refractivity contribution >= 4 is 56.1 Å². The largest absolute Gasteiger partial charge is 0.294 e. The molecule has 0 atom stereocenters. The number of nitrogens with zero attached hydrogens (tertiary/aromatic N) is 2. The number of rotatable bonds is 2. The first-order valence-electron chi connectivity index (χ1n) is 6.03. The molecule has 0 spiro atoms. The summed E-state index contributed by atoms with van der Waals surface area (Å²) in [7, 11) is 0. The van der Waals surface area contributed by atoms with Gasteiger partial charge in [-0.2, -0.15) is 0 Å². The molecule has 0 saturated heterocycles. The van der Waals surface area contributed by atoms with E-state index in [1.54, 1.807) is 10.9 Å². The van der Waals surface area contributed by atoms with Gasteiger partial charge in [-0.25, -0.2) is 4.98 Å². The van der Waals surface area contributed by atoms with Gasteiger partial charge in [0.2, 0.25) is 0 Å². The molecule has 0 radical (unpaired) electrons. The van der Waals surface area contributed by atoms with E-state index < -0.39 is 0 Å². The number of benzene rings is 2. The lowest BCUT2D eigenvalue weighted by atomic mass is 10.2. The first kappa shape index (κ1) is 14.0. The van der Waals surface area contributed by atoms with Gasteiger partial charge in [0.25, 0.3) is 5.56 Å². The van der Waals surface area contributed by atoms with E-state index in [4.69, 9.17) is 0 Å². The van der Waals surface area contributed by atoms with Gasteiger partial charge in [0.05, 0.1) is 23.8 Å². The highest BCUT2D eigenvalue weighted by Gasteiger charge is 2.08. The van der Waals surface area contributed by atoms with Crippen LogP contribution in [0.15, 0.2) is 53.6 Å². The third-order valence-corrected chi connectivity index (χ3v) is 4.49. The van der Waals surface area contributed by atoms with Crippen molar-refractivity contribution in [1.82, 2.24) is 9.55 Å². The lowest BCUT2D eigenvalue weighted by molar-refractivity contribution is 0.748. The molecule has 0 aliphatic heterocycles. The molecule has 0 fully saturated rings. The van der Waals surface area contributed by atoms with E-state index in [-0.39, 0.29) is 5.56 Å². The summed E-state index contributed by atoms with van der Waals surface area (Å²) in [6, 6.07) is 13.9. The molecule has 100 valence electrons. The van der Waals surface area contributed by atoms with Crippen LogP contribution in [-0.2, 0) is 6.54 Å². The Bertz CT molecular complexity index is 828. The second-order valence-corrected chi connectivity index (χ2v) is 6.85. The van der Waals surface area contributed by atoms with Gasteiger partial charge in [-0.3, -0.25) is 9.36 Å². The lowest BCUT2D eigenvalue weighted by Gasteiger charge is -2.08. The van der Waals surface area contributed by atoms with Gasteiger partial charge in [0, 0.05) is 7.14 Å². The van der Waals surface area contributed by atoms with Crippen LogP contribution in [0.25, 0.3) is 10.9 Å². The Balaban J connectivity index is 2.14. The summed E-state index contributed by atoms with van der Waals surface area (Å²) in [5.41, 5.74) is 1.88. The van der Waals surface area contributed by atoms with Crippen LogP contribution in [0, 0.1) is 7.14 Å². The molecule has 0 saturated carbocycles. The van der Waals surface area contributed by atoms with Crippen LogP contribution in [0.3, 0.4) is 0 Å². The fourth-order valence-electron chi connectivity index (χ4n) is 2.09. The second kappa shape index (κ2) is 5.80. The van der Waals surface area contributed by atoms with Crippen LogP contribution < -0.4 is 5.56 Å². The van der Waals surface area contributed by atoms with Crippen LogP contribution in [0.2, 0.25) is 0 Å². The zero-order valence-electron chi connectivity index (χ0n) is 10.4. The summed E-state index contributed by atoms with van der Waals surface area (Å²) in [6.45, 7) is 0.546. The highest BCUT2D eigenvalue weighted by atomic mass is 127. The number of fused-ring (bicyclic) bond motifs is 1. The summed E-state index contributed by atoms with van der Waals surface area (Å²) in [5.74, 6) is 0. The second-order valence-electron chi connectivity index (χ2n) is 4.45. The quantitative estimate of drug-likeness (QED) is 0.517. The monoisotopic (exact) mass is 488 g/mol. The van der Waals surface area contributed by atoms with Crippen molar-refractivity contribution in [2.45, 2.75) is 6.54 Å². The fraction of sp³-hybridized carbons (Fsp3) is 0.0667. The number of aromatic nitrogens is 2. The SMILES string of the molecule is O=c1c2cc(I)cc(I)c2ncn1Cc1ccccc1. The van der Waals surface area contributed by atoms with Gasteiger partial charge in [-0.15, -0.1) is 0 Å². The summed E-state index contributed by atoms with van der Waals surface area (Å²) < 4.78 is 3.72. The molecular formula is C15H10I2N2O. The maximum Gasteiger partial charge on any atom is 0.261 e. The molecule has 3 rings (SSSR count). The summed E-state index contributed by atoms with van der Waals surface area (Å²) >= 11 is 4.45. The zero-order valence-corrected chi connectivity index (χ0v) is 14.7. The summed E-state index contributed by atoms with van der Waals surface area (Å²) in [4.78, 5) is 17.0. The molecule has 0 bridgehead atoms. The maximum atomic E-state index is 12.6. The molecule has 0 aliphatic carbocycles. The highest BCUT2D eigenvalue weighted by Crippen LogP contribution is 2.19. The topological polar surface area (TPSA) is 34.9 Å². The van der Waals surface area contributed by atoms with Crippen molar-refractivity contribution in [3.05, 3.63) is 71.8 Å².